The van der Waals surface area contributed by atoms with Gasteiger partial charge >= 0.3 is 11.7 Å². The summed E-state index contributed by atoms with van der Waals surface area (Å²) in [6, 6.07) is 1.58. The van der Waals surface area contributed by atoms with Crippen molar-refractivity contribution in [2.24, 2.45) is 0 Å². The zero-order chi connectivity index (χ0) is 16.7. The Kier molecular flexibility index (Phi) is 4.61. The fourth-order valence-corrected chi connectivity index (χ4v) is 2.78. The highest BCUT2D eigenvalue weighted by Gasteiger charge is 2.36. The molecule has 0 radical (unpaired) electrons. The Morgan fingerprint density at radius 3 is 2.18 bits per heavy atom. The first-order chi connectivity index (χ1) is 10.0. The summed E-state index contributed by atoms with van der Waals surface area (Å²) in [7, 11) is 0. The first-order valence-corrected chi connectivity index (χ1v) is 6.92. The second kappa shape index (κ2) is 5.86. The second-order valence-electron chi connectivity index (χ2n) is 3.94. The highest BCUT2D eigenvalue weighted by molar-refractivity contribution is 8.00. The highest BCUT2D eigenvalue weighted by Crippen LogP contribution is 2.46. The van der Waals surface area contributed by atoms with Gasteiger partial charge in [-0.15, -0.1) is 0 Å². The number of aromatic nitrogens is 2. The van der Waals surface area contributed by atoms with Gasteiger partial charge in [0.2, 0.25) is 0 Å². The number of H-pyrrole nitrogens is 1. The van der Waals surface area contributed by atoms with Crippen LogP contribution in [0.1, 0.15) is 5.56 Å². The number of hydrogen-bond donors (Lipinski definition) is 1. The molecule has 1 aromatic heterocycles. The predicted octanol–water partition coefficient (Wildman–Crippen LogP) is 6.01. The van der Waals surface area contributed by atoms with Gasteiger partial charge in [-0.3, -0.25) is 5.10 Å². The number of thioether (sulfide) groups is 1. The molecule has 0 bridgehead atoms. The number of benzene rings is 1. The summed E-state index contributed by atoms with van der Waals surface area (Å²) in [5.41, 5.74) is -6.03. The molecule has 2 nitrogen and oxygen atoms in total. The molecule has 120 valence electrons. The fraction of sp³-hybridized carbons (Fsp3) is 0.182. The van der Waals surface area contributed by atoms with E-state index < -0.39 is 39.1 Å². The predicted molar refractivity (Wildman–Crippen MR) is 71.0 cm³/mol. The molecule has 0 atom stereocenters. The van der Waals surface area contributed by atoms with E-state index in [-0.39, 0.29) is 16.2 Å². The molecule has 0 amide bonds. The molecule has 0 unspecified atom stereocenters. The van der Waals surface area contributed by atoms with Crippen LogP contribution in [0.3, 0.4) is 0 Å². The van der Waals surface area contributed by atoms with Crippen LogP contribution in [0.15, 0.2) is 23.2 Å². The second-order valence-corrected chi connectivity index (χ2v) is 5.81. The number of rotatable bonds is 2. The summed E-state index contributed by atoms with van der Waals surface area (Å²) in [4.78, 5) is -0.328. The Balaban J connectivity index is 2.52. The van der Waals surface area contributed by atoms with Gasteiger partial charge in [0.1, 0.15) is 0 Å². The lowest BCUT2D eigenvalue weighted by Gasteiger charge is -2.13. The van der Waals surface area contributed by atoms with Gasteiger partial charge in [-0.05, 0) is 17.8 Å². The van der Waals surface area contributed by atoms with Crippen molar-refractivity contribution in [3.8, 4) is 11.3 Å². The van der Waals surface area contributed by atoms with Crippen molar-refractivity contribution in [1.82, 2.24) is 10.2 Å². The number of aromatic amines is 1. The summed E-state index contributed by atoms with van der Waals surface area (Å²) < 4.78 is 75.4. The Morgan fingerprint density at radius 1 is 1.00 bits per heavy atom. The number of nitrogens with one attached hydrogen (secondary N) is 1. The molecule has 1 N–H and O–H groups in total. The number of nitrogens with zero attached hydrogens (tertiary/aromatic N) is 1. The van der Waals surface area contributed by atoms with E-state index in [4.69, 9.17) is 23.2 Å². The molecule has 0 aliphatic carbocycles. The van der Waals surface area contributed by atoms with Crippen molar-refractivity contribution in [3.63, 3.8) is 0 Å². The van der Waals surface area contributed by atoms with Crippen LogP contribution in [0, 0.1) is 0 Å². The van der Waals surface area contributed by atoms with Crippen molar-refractivity contribution >= 4 is 35.0 Å². The third-order valence-corrected chi connectivity index (χ3v) is 4.13. The highest BCUT2D eigenvalue weighted by atomic mass is 35.5. The first-order valence-electron chi connectivity index (χ1n) is 5.35. The lowest BCUT2D eigenvalue weighted by atomic mass is 10.1. The SMILES string of the molecule is FC(F)(F)Sc1cn[nH]c1-c1ccc(C(F)(F)F)c(Cl)c1Cl. The minimum Gasteiger partial charge on any atom is -0.277 e. The Bertz CT molecular complexity index is 695. The normalized spacial score (nSPS) is 12.7. The smallest absolute Gasteiger partial charge is 0.277 e. The fourth-order valence-electron chi connectivity index (χ4n) is 1.63. The molecular weight excluding hydrogens is 377 g/mol. The maximum absolute atomic E-state index is 12.7. The standard InChI is InChI=1S/C11H4Cl2F6N2S/c12-7-4(1-2-5(8(7)13)10(14,15)16)9-6(3-20-21-9)22-11(17,18)19/h1-3H,(H,20,21). The van der Waals surface area contributed by atoms with Crippen molar-refractivity contribution in [2.45, 2.75) is 16.6 Å². The Morgan fingerprint density at radius 2 is 1.64 bits per heavy atom. The van der Waals surface area contributed by atoms with Crippen LogP contribution >= 0.6 is 35.0 Å². The molecule has 0 aliphatic heterocycles. The van der Waals surface area contributed by atoms with E-state index >= 15 is 0 Å². The summed E-state index contributed by atoms with van der Waals surface area (Å²) in [6.45, 7) is 0. The van der Waals surface area contributed by atoms with Gasteiger partial charge in [0, 0.05) is 5.56 Å². The zero-order valence-electron chi connectivity index (χ0n) is 10.1. The van der Waals surface area contributed by atoms with E-state index in [1.54, 1.807) is 0 Å². The molecule has 1 heterocycles. The molecule has 2 aromatic rings. The lowest BCUT2D eigenvalue weighted by molar-refractivity contribution is -0.137. The average molecular weight is 381 g/mol. The molecule has 0 aliphatic rings. The molecule has 1 aromatic carbocycles. The third kappa shape index (κ3) is 3.64. The van der Waals surface area contributed by atoms with Gasteiger partial charge in [0.25, 0.3) is 0 Å². The molecule has 0 saturated carbocycles. The molecule has 22 heavy (non-hydrogen) atoms. The van der Waals surface area contributed by atoms with Crippen LogP contribution in [-0.2, 0) is 6.18 Å². The number of hydrogen-bond acceptors (Lipinski definition) is 2. The summed E-state index contributed by atoms with van der Waals surface area (Å²) in [6.07, 6.45) is -3.83. The van der Waals surface area contributed by atoms with E-state index in [1.165, 1.54) is 0 Å². The van der Waals surface area contributed by atoms with Gasteiger partial charge in [0.05, 0.1) is 32.4 Å². The summed E-state index contributed by atoms with van der Waals surface area (Å²) in [5.74, 6) is 0. The van der Waals surface area contributed by atoms with Crippen LogP contribution in [0.5, 0.6) is 0 Å². The quantitative estimate of drug-likeness (QED) is 0.510. The van der Waals surface area contributed by atoms with Gasteiger partial charge in [-0.1, -0.05) is 29.3 Å². The largest absolute Gasteiger partial charge is 0.446 e. The monoisotopic (exact) mass is 380 g/mol. The van der Waals surface area contributed by atoms with Crippen LogP contribution in [-0.4, -0.2) is 15.7 Å². The Hall–Kier alpha value is -1.06. The number of halogens is 8. The minimum atomic E-state index is -4.73. The van der Waals surface area contributed by atoms with Crippen LogP contribution in [0.2, 0.25) is 10.0 Å². The van der Waals surface area contributed by atoms with Crippen molar-refractivity contribution in [1.29, 1.82) is 0 Å². The molecule has 0 saturated heterocycles. The summed E-state index contributed by atoms with van der Waals surface area (Å²) in [5, 5.41) is 4.43. The first kappa shape index (κ1) is 17.3. The van der Waals surface area contributed by atoms with E-state index in [0.29, 0.717) is 6.07 Å². The number of alkyl halides is 6. The van der Waals surface area contributed by atoms with Crippen molar-refractivity contribution < 1.29 is 26.3 Å². The molecule has 11 heteroatoms. The molecule has 2 rings (SSSR count). The lowest BCUT2D eigenvalue weighted by Crippen LogP contribution is -2.06. The maximum atomic E-state index is 12.7. The third-order valence-electron chi connectivity index (χ3n) is 2.49. The van der Waals surface area contributed by atoms with Gasteiger partial charge in [-0.2, -0.15) is 31.4 Å². The summed E-state index contributed by atoms with van der Waals surface area (Å²) >= 11 is 10.9. The molecule has 0 fully saturated rings. The van der Waals surface area contributed by atoms with E-state index in [2.05, 4.69) is 10.2 Å². The van der Waals surface area contributed by atoms with Gasteiger partial charge in [-0.25, -0.2) is 0 Å². The molecule has 0 spiro atoms. The topological polar surface area (TPSA) is 28.7 Å². The van der Waals surface area contributed by atoms with Crippen LogP contribution < -0.4 is 0 Å². The maximum Gasteiger partial charge on any atom is 0.446 e. The Labute approximate surface area is 133 Å². The zero-order valence-corrected chi connectivity index (χ0v) is 12.4. The van der Waals surface area contributed by atoms with Crippen LogP contribution in [0.25, 0.3) is 11.3 Å². The van der Waals surface area contributed by atoms with Crippen molar-refractivity contribution in [2.75, 3.05) is 0 Å². The van der Waals surface area contributed by atoms with E-state index in [9.17, 15) is 26.3 Å². The average Bonchev–Trinajstić information content (AvgIpc) is 2.76. The van der Waals surface area contributed by atoms with E-state index in [1.807, 2.05) is 0 Å². The van der Waals surface area contributed by atoms with Gasteiger partial charge in [0.15, 0.2) is 0 Å². The van der Waals surface area contributed by atoms with Gasteiger partial charge < -0.3 is 0 Å². The van der Waals surface area contributed by atoms with Crippen LogP contribution in [0.4, 0.5) is 26.3 Å². The molecular formula is C11H4Cl2F6N2S. The minimum absolute atomic E-state index is 0.107. The van der Waals surface area contributed by atoms with Crippen molar-refractivity contribution in [3.05, 3.63) is 33.9 Å². The van der Waals surface area contributed by atoms with E-state index in [0.717, 1.165) is 12.3 Å².